The summed E-state index contributed by atoms with van der Waals surface area (Å²) in [5.74, 6) is 0. The molecule has 0 aliphatic heterocycles. The van der Waals surface area contributed by atoms with E-state index in [4.69, 9.17) is 4.42 Å². The summed E-state index contributed by atoms with van der Waals surface area (Å²) in [5.41, 5.74) is 16.6. The van der Waals surface area contributed by atoms with Gasteiger partial charge in [0.25, 0.3) is 0 Å². The van der Waals surface area contributed by atoms with Gasteiger partial charge in [0, 0.05) is 22.3 Å². The van der Waals surface area contributed by atoms with Gasteiger partial charge < -0.3 is 9.32 Å². The maximum Gasteiger partial charge on any atom is 0.145 e. The van der Waals surface area contributed by atoms with Gasteiger partial charge >= 0.3 is 0 Å². The number of furan rings is 1. The van der Waals surface area contributed by atoms with Crippen molar-refractivity contribution in [3.8, 4) is 55.6 Å². The SMILES string of the molecule is c1ccc(-c2ccc(-c3ccc(N(c4ccc(-c5ccc(-c6ccccc6)cc5-c5ccccc5)cc4)c4ccc5ccc6ccccc6c5c4)c4c3oc3ccccc34)cc2)cc1. The van der Waals surface area contributed by atoms with Gasteiger partial charge in [-0.1, -0.05) is 200 Å². The summed E-state index contributed by atoms with van der Waals surface area (Å²) in [4.78, 5) is 2.41. The molecular weight excluding hydrogens is 775 g/mol. The third-order valence-corrected chi connectivity index (χ3v) is 12.7. The number of nitrogens with zero attached hydrogens (tertiary/aromatic N) is 1. The van der Waals surface area contributed by atoms with E-state index >= 15 is 0 Å². The van der Waals surface area contributed by atoms with Gasteiger partial charge in [-0.15, -0.1) is 0 Å². The van der Waals surface area contributed by atoms with Crippen molar-refractivity contribution in [1.82, 2.24) is 0 Å². The Morgan fingerprint density at radius 3 is 1.50 bits per heavy atom. The summed E-state index contributed by atoms with van der Waals surface area (Å²) in [6, 6.07) is 89.6. The van der Waals surface area contributed by atoms with Crippen molar-refractivity contribution in [2.24, 2.45) is 0 Å². The molecule has 0 amide bonds. The smallest absolute Gasteiger partial charge is 0.145 e. The number of hydrogen-bond acceptors (Lipinski definition) is 2. The second-order valence-electron chi connectivity index (χ2n) is 16.4. The first-order valence-electron chi connectivity index (χ1n) is 21.9. The van der Waals surface area contributed by atoms with Gasteiger partial charge in [0.2, 0.25) is 0 Å². The third kappa shape index (κ3) is 6.61. The molecule has 11 aromatic carbocycles. The fraction of sp³-hybridized carbons (Fsp3) is 0. The molecule has 0 saturated heterocycles. The predicted octanol–water partition coefficient (Wildman–Crippen LogP) is 17.7. The lowest BCUT2D eigenvalue weighted by molar-refractivity contribution is 0.670. The van der Waals surface area contributed by atoms with E-state index < -0.39 is 0 Å². The van der Waals surface area contributed by atoms with Crippen molar-refractivity contribution < 1.29 is 4.42 Å². The highest BCUT2D eigenvalue weighted by molar-refractivity contribution is 6.17. The molecule has 1 aromatic heterocycles. The topological polar surface area (TPSA) is 16.4 Å². The summed E-state index contributed by atoms with van der Waals surface area (Å²) in [7, 11) is 0. The Balaban J connectivity index is 1.05. The van der Waals surface area contributed by atoms with Crippen LogP contribution in [0.1, 0.15) is 0 Å². The number of para-hydroxylation sites is 1. The van der Waals surface area contributed by atoms with E-state index in [9.17, 15) is 0 Å². The average molecular weight is 816 g/mol. The standard InChI is InChI=1S/C62H41NO/c1-4-14-42(15-5-1)44-24-26-48(27-25-44)55-38-39-59(61-56-22-12-13-23-60(56)64-62(55)61)63(52-36-32-49-29-28-46-20-10-11-21-53(46)58(49)41-52)51-34-30-47(31-35-51)54-37-33-50(43-16-6-2-7-17-43)40-57(54)45-18-8-3-9-19-45/h1-41H. The number of anilines is 3. The minimum absolute atomic E-state index is 0.860. The van der Waals surface area contributed by atoms with Crippen LogP contribution >= 0.6 is 0 Å². The molecule has 0 spiro atoms. The number of benzene rings is 11. The van der Waals surface area contributed by atoms with Crippen molar-refractivity contribution in [3.63, 3.8) is 0 Å². The summed E-state index contributed by atoms with van der Waals surface area (Å²) >= 11 is 0. The zero-order valence-corrected chi connectivity index (χ0v) is 35.0. The molecule has 0 unspecified atom stereocenters. The summed E-state index contributed by atoms with van der Waals surface area (Å²) < 4.78 is 6.89. The molecule has 300 valence electrons. The molecule has 0 atom stereocenters. The first-order valence-corrected chi connectivity index (χ1v) is 21.9. The minimum Gasteiger partial charge on any atom is -0.455 e. The van der Waals surface area contributed by atoms with Gasteiger partial charge in [-0.3, -0.25) is 0 Å². The van der Waals surface area contributed by atoms with Crippen molar-refractivity contribution in [2.45, 2.75) is 0 Å². The molecule has 1 heterocycles. The lowest BCUT2D eigenvalue weighted by Crippen LogP contribution is -2.10. The predicted molar refractivity (Wildman–Crippen MR) is 271 cm³/mol. The normalized spacial score (nSPS) is 11.4. The molecule has 2 nitrogen and oxygen atoms in total. The highest BCUT2D eigenvalue weighted by Gasteiger charge is 2.23. The van der Waals surface area contributed by atoms with Crippen molar-refractivity contribution in [3.05, 3.63) is 249 Å². The second-order valence-corrected chi connectivity index (χ2v) is 16.4. The van der Waals surface area contributed by atoms with Crippen LogP contribution in [-0.4, -0.2) is 0 Å². The number of hydrogen-bond donors (Lipinski definition) is 0. The zero-order valence-electron chi connectivity index (χ0n) is 35.0. The molecule has 12 rings (SSSR count). The van der Waals surface area contributed by atoms with Crippen molar-refractivity contribution >= 4 is 60.5 Å². The van der Waals surface area contributed by atoms with Gasteiger partial charge in [-0.05, 0) is 120 Å². The molecule has 64 heavy (non-hydrogen) atoms. The minimum atomic E-state index is 0.860. The number of rotatable bonds is 8. The molecule has 0 aliphatic rings. The van der Waals surface area contributed by atoms with Gasteiger partial charge in [0.05, 0.1) is 11.1 Å². The average Bonchev–Trinajstić information content (AvgIpc) is 3.77. The Hall–Kier alpha value is -8.46. The van der Waals surface area contributed by atoms with E-state index in [1.807, 2.05) is 0 Å². The maximum absolute atomic E-state index is 6.89. The molecule has 2 heteroatoms. The molecule has 0 aliphatic carbocycles. The lowest BCUT2D eigenvalue weighted by atomic mass is 9.91. The monoisotopic (exact) mass is 815 g/mol. The summed E-state index contributed by atoms with van der Waals surface area (Å²) in [6.07, 6.45) is 0. The van der Waals surface area contributed by atoms with Crippen LogP contribution in [-0.2, 0) is 0 Å². The molecule has 0 bridgehead atoms. The molecule has 0 fully saturated rings. The van der Waals surface area contributed by atoms with E-state index in [1.165, 1.54) is 60.5 Å². The lowest BCUT2D eigenvalue weighted by Gasteiger charge is -2.27. The van der Waals surface area contributed by atoms with Crippen LogP contribution in [0.15, 0.2) is 253 Å². The van der Waals surface area contributed by atoms with E-state index in [-0.39, 0.29) is 0 Å². The van der Waals surface area contributed by atoms with Crippen molar-refractivity contribution in [1.29, 1.82) is 0 Å². The Morgan fingerprint density at radius 2 is 0.766 bits per heavy atom. The fourth-order valence-electron chi connectivity index (χ4n) is 9.51. The molecule has 12 aromatic rings. The Morgan fingerprint density at radius 1 is 0.281 bits per heavy atom. The summed E-state index contributed by atoms with van der Waals surface area (Å²) in [5, 5.41) is 7.03. The van der Waals surface area contributed by atoms with Gasteiger partial charge in [0.1, 0.15) is 11.2 Å². The highest BCUT2D eigenvalue weighted by Crippen LogP contribution is 2.47. The van der Waals surface area contributed by atoms with Crippen LogP contribution in [0, 0.1) is 0 Å². The molecular formula is C62H41NO. The maximum atomic E-state index is 6.89. The van der Waals surface area contributed by atoms with E-state index in [0.717, 1.165) is 55.7 Å². The van der Waals surface area contributed by atoms with Gasteiger partial charge in [-0.25, -0.2) is 0 Å². The van der Waals surface area contributed by atoms with Crippen LogP contribution in [0.3, 0.4) is 0 Å². The van der Waals surface area contributed by atoms with Crippen LogP contribution in [0.2, 0.25) is 0 Å². The zero-order chi connectivity index (χ0) is 42.4. The first-order chi connectivity index (χ1) is 31.7. The molecule has 0 radical (unpaired) electrons. The van der Waals surface area contributed by atoms with Gasteiger partial charge in [-0.2, -0.15) is 0 Å². The quantitative estimate of drug-likeness (QED) is 0.142. The van der Waals surface area contributed by atoms with Crippen LogP contribution < -0.4 is 4.90 Å². The third-order valence-electron chi connectivity index (χ3n) is 12.7. The van der Waals surface area contributed by atoms with E-state index in [1.54, 1.807) is 0 Å². The molecule has 0 saturated carbocycles. The Bertz CT molecular complexity index is 3630. The molecule has 0 N–H and O–H groups in total. The van der Waals surface area contributed by atoms with Crippen LogP contribution in [0.4, 0.5) is 17.1 Å². The fourth-order valence-corrected chi connectivity index (χ4v) is 9.51. The summed E-state index contributed by atoms with van der Waals surface area (Å²) in [6.45, 7) is 0. The second kappa shape index (κ2) is 15.8. The highest BCUT2D eigenvalue weighted by atomic mass is 16.3. The van der Waals surface area contributed by atoms with E-state index in [2.05, 4.69) is 254 Å². The van der Waals surface area contributed by atoms with Crippen molar-refractivity contribution in [2.75, 3.05) is 4.90 Å². The first kappa shape index (κ1) is 37.3. The van der Waals surface area contributed by atoms with E-state index in [0.29, 0.717) is 0 Å². The van der Waals surface area contributed by atoms with Crippen LogP contribution in [0.25, 0.3) is 99.1 Å². The van der Waals surface area contributed by atoms with Crippen LogP contribution in [0.5, 0.6) is 0 Å². The largest absolute Gasteiger partial charge is 0.455 e. The Kier molecular flexibility index (Phi) is 9.20. The number of fused-ring (bicyclic) bond motifs is 6. The van der Waals surface area contributed by atoms with Gasteiger partial charge in [0.15, 0.2) is 0 Å². The Labute approximate surface area is 372 Å².